The number of phenols is 1. The van der Waals surface area contributed by atoms with Gasteiger partial charge in [0.25, 0.3) is 11.8 Å². The van der Waals surface area contributed by atoms with E-state index in [4.69, 9.17) is 10.2 Å². The fourth-order valence-corrected chi connectivity index (χ4v) is 13.3. The van der Waals surface area contributed by atoms with Gasteiger partial charge in [-0.15, -0.1) is 45.3 Å². The van der Waals surface area contributed by atoms with Gasteiger partial charge < -0.3 is 36.6 Å². The molecule has 9 aromatic rings. The van der Waals surface area contributed by atoms with Gasteiger partial charge in [-0.05, 0) is 100 Å². The van der Waals surface area contributed by atoms with Crippen molar-refractivity contribution in [1.82, 2.24) is 21.3 Å². The molecule has 4 atom stereocenters. The summed E-state index contributed by atoms with van der Waals surface area (Å²) in [7, 11) is 0. The SMILES string of the molecule is CC(C)[C@@H](CC(=O)c1cc2ccccc2s1)C(=O)N[C@@H](CNC(=O)c1cc2ccccc2s1)C(=O)CCC(=O)O.O=C(O)CCC(=O)C(CNC(=O)[C@H](CC(=O)c1cc2ccccc2s1)Cc1ccc(O)cc1)NC(=O)c1cc2ccccc2s1. The van der Waals surface area contributed by atoms with Crippen LogP contribution < -0.4 is 21.3 Å². The van der Waals surface area contributed by atoms with Crippen LogP contribution in [0.15, 0.2) is 146 Å². The topological polar surface area (TPSA) is 280 Å². The van der Waals surface area contributed by atoms with E-state index in [2.05, 4.69) is 21.3 Å². The van der Waals surface area contributed by atoms with E-state index < -0.39 is 83.9 Å². The number of benzene rings is 5. The van der Waals surface area contributed by atoms with E-state index in [1.54, 1.807) is 30.3 Å². The lowest BCUT2D eigenvalue weighted by molar-refractivity contribution is -0.139. The van der Waals surface area contributed by atoms with Crippen molar-refractivity contribution < 1.29 is 63.3 Å². The highest BCUT2D eigenvalue weighted by Gasteiger charge is 2.32. The fraction of sp³-hybridized carbons (Fsp3) is 0.250. The van der Waals surface area contributed by atoms with Gasteiger partial charge in [0.2, 0.25) is 11.8 Å². The molecule has 0 aliphatic rings. The van der Waals surface area contributed by atoms with Crippen molar-refractivity contribution >= 4 is 144 Å². The highest BCUT2D eigenvalue weighted by atomic mass is 32.1. The minimum Gasteiger partial charge on any atom is -0.508 e. The summed E-state index contributed by atoms with van der Waals surface area (Å²) < 4.78 is 3.77. The maximum Gasteiger partial charge on any atom is 0.303 e. The van der Waals surface area contributed by atoms with Gasteiger partial charge in [-0.3, -0.25) is 47.9 Å². The van der Waals surface area contributed by atoms with Crippen molar-refractivity contribution in [2.24, 2.45) is 17.8 Å². The molecule has 0 bridgehead atoms. The Morgan fingerprint density at radius 2 is 0.847 bits per heavy atom. The first-order valence-corrected chi connectivity index (χ1v) is 30.5. The molecule has 17 nitrogen and oxygen atoms in total. The Hall–Kier alpha value is -8.76. The van der Waals surface area contributed by atoms with Gasteiger partial charge in [0.05, 0.1) is 32.4 Å². The number of thiophene rings is 4. The number of carboxylic acid groups (broad SMARTS) is 2. The summed E-state index contributed by atoms with van der Waals surface area (Å²) in [5.74, 6) is -7.29. The second-order valence-electron chi connectivity index (χ2n) is 20.5. The van der Waals surface area contributed by atoms with Crippen LogP contribution in [0, 0.1) is 17.8 Å². The highest BCUT2D eigenvalue weighted by Crippen LogP contribution is 2.31. The Morgan fingerprint density at radius 1 is 0.447 bits per heavy atom. The van der Waals surface area contributed by atoms with Gasteiger partial charge in [0.15, 0.2) is 23.1 Å². The Morgan fingerprint density at radius 3 is 1.29 bits per heavy atom. The highest BCUT2D eigenvalue weighted by molar-refractivity contribution is 7.22. The molecule has 85 heavy (non-hydrogen) atoms. The largest absolute Gasteiger partial charge is 0.508 e. The van der Waals surface area contributed by atoms with E-state index in [1.807, 2.05) is 117 Å². The number of hydrogen-bond donors (Lipinski definition) is 7. The number of nitrogens with one attached hydrogen (secondary N) is 4. The molecule has 5 aromatic carbocycles. The lowest BCUT2D eigenvalue weighted by Gasteiger charge is -2.24. The third-order valence-electron chi connectivity index (χ3n) is 14.0. The van der Waals surface area contributed by atoms with Gasteiger partial charge in [-0.25, -0.2) is 0 Å². The van der Waals surface area contributed by atoms with Gasteiger partial charge in [0, 0.05) is 69.4 Å². The first-order valence-electron chi connectivity index (χ1n) is 27.2. The summed E-state index contributed by atoms with van der Waals surface area (Å²) in [6.45, 7) is 3.17. The number of aromatic hydroxyl groups is 1. The Kier molecular flexibility index (Phi) is 21.4. The van der Waals surface area contributed by atoms with Crippen LogP contribution in [0.4, 0.5) is 0 Å². The zero-order valence-corrected chi connectivity index (χ0v) is 49.4. The van der Waals surface area contributed by atoms with Gasteiger partial charge in [-0.1, -0.05) is 98.8 Å². The molecule has 0 aliphatic carbocycles. The molecule has 1 unspecified atom stereocenters. The average molecular weight is 1220 g/mol. The second-order valence-corrected chi connectivity index (χ2v) is 24.9. The number of phenolic OH excluding ortho intramolecular Hbond substituents is 1. The number of fused-ring (bicyclic) bond motifs is 4. The Balaban J connectivity index is 0.000000223. The maximum atomic E-state index is 13.6. The quantitative estimate of drug-likeness (QED) is 0.0236. The average Bonchev–Trinajstić information content (AvgIpc) is 4.04. The van der Waals surface area contributed by atoms with E-state index in [9.17, 15) is 53.1 Å². The molecule has 0 saturated heterocycles. The maximum absolute atomic E-state index is 13.6. The minimum absolute atomic E-state index is 0.0412. The molecule has 4 amide bonds. The van der Waals surface area contributed by atoms with E-state index in [0.29, 0.717) is 19.5 Å². The van der Waals surface area contributed by atoms with Crippen molar-refractivity contribution in [2.75, 3.05) is 13.1 Å². The molecule has 4 aromatic heterocycles. The molecule has 0 fully saturated rings. The summed E-state index contributed by atoms with van der Waals surface area (Å²) >= 11 is 5.29. The van der Waals surface area contributed by atoms with Crippen molar-refractivity contribution in [3.05, 3.63) is 171 Å². The smallest absolute Gasteiger partial charge is 0.303 e. The summed E-state index contributed by atoms with van der Waals surface area (Å²) in [4.78, 5) is 130. The van der Waals surface area contributed by atoms with Crippen LogP contribution in [0.25, 0.3) is 40.3 Å². The standard InChI is InChI=1S/C34H30N2O7S2.C30H30N2O6S2/c37-24-11-9-20(10-12-24)15-23(16-27(39)30-17-21-5-1-3-7-28(21)44-30)33(42)35-19-25(26(38)13-14-32(40)41)36-34(43)31-18-22-6-2-4-8-29(22)45-31;1-17(2)20(15-23(34)26-13-18-7-3-5-9-24(18)39-26)29(37)32-21(22(33)11-12-28(35)36)16-31-30(38)27-14-19-8-4-6-10-25(19)40-27/h1-12,17-18,23,25,37H,13-16,19H2,(H,35,42)(H,36,43)(H,40,41);3-10,13-14,17,20-21H,11-12,15-16H2,1-2H3,(H,31,38)(H,32,37)(H,35,36)/t23-,25?;20-,21+/m01/s1. The molecule has 0 spiro atoms. The van der Waals surface area contributed by atoms with Crippen LogP contribution in [-0.2, 0) is 35.2 Å². The second kappa shape index (κ2) is 29.2. The molecule has 7 N–H and O–H groups in total. The lowest BCUT2D eigenvalue weighted by Crippen LogP contribution is -2.50. The van der Waals surface area contributed by atoms with E-state index in [1.165, 1.54) is 57.5 Å². The molecule has 0 aliphatic heterocycles. The summed E-state index contributed by atoms with van der Waals surface area (Å²) in [5, 5.41) is 42.3. The monoisotopic (exact) mass is 1220 g/mol. The van der Waals surface area contributed by atoms with Crippen molar-refractivity contribution in [1.29, 1.82) is 0 Å². The van der Waals surface area contributed by atoms with E-state index >= 15 is 0 Å². The number of hydrogen-bond acceptors (Lipinski definition) is 15. The van der Waals surface area contributed by atoms with Gasteiger partial charge in [-0.2, -0.15) is 0 Å². The Labute approximate surface area is 504 Å². The van der Waals surface area contributed by atoms with Crippen molar-refractivity contribution in [2.45, 2.75) is 70.9 Å². The predicted octanol–water partition coefficient (Wildman–Crippen LogP) is 10.9. The van der Waals surface area contributed by atoms with Crippen LogP contribution in [0.3, 0.4) is 0 Å². The summed E-state index contributed by atoms with van der Waals surface area (Å²) in [5.41, 5.74) is 0.726. The molecule has 0 radical (unpaired) electrons. The first kappa shape index (κ1) is 62.3. The van der Waals surface area contributed by atoms with E-state index in [0.717, 1.165) is 45.9 Å². The number of Topliss-reactive ketones (excluding diaryl/α,β-unsaturated/α-hetero) is 4. The number of carboxylic acids is 2. The van der Waals surface area contributed by atoms with Crippen LogP contribution in [0.2, 0.25) is 0 Å². The van der Waals surface area contributed by atoms with Crippen LogP contribution >= 0.6 is 45.3 Å². The van der Waals surface area contributed by atoms with Crippen LogP contribution in [0.5, 0.6) is 5.75 Å². The number of rotatable bonds is 27. The number of amides is 4. The summed E-state index contributed by atoms with van der Waals surface area (Å²) in [6, 6.07) is 41.4. The zero-order valence-electron chi connectivity index (χ0n) is 46.2. The van der Waals surface area contributed by atoms with E-state index in [-0.39, 0.29) is 68.4 Å². The van der Waals surface area contributed by atoms with Crippen LogP contribution in [-0.4, -0.2) is 99.2 Å². The lowest BCUT2D eigenvalue weighted by atomic mass is 9.89. The molecule has 438 valence electrons. The van der Waals surface area contributed by atoms with Gasteiger partial charge in [0.1, 0.15) is 17.8 Å². The molecule has 4 heterocycles. The van der Waals surface area contributed by atoms with Crippen molar-refractivity contribution in [3.63, 3.8) is 0 Å². The van der Waals surface area contributed by atoms with Crippen molar-refractivity contribution in [3.8, 4) is 5.75 Å². The number of carbonyl (C=O) groups excluding carboxylic acids is 8. The molecule has 0 saturated carbocycles. The molecule has 21 heteroatoms. The first-order chi connectivity index (χ1) is 40.8. The molecule has 9 rings (SSSR count). The molecular weight excluding hydrogens is 1160 g/mol. The predicted molar refractivity (Wildman–Crippen MR) is 331 cm³/mol. The molecular formula is C64H60N4O13S4. The fourth-order valence-electron chi connectivity index (χ4n) is 9.29. The van der Waals surface area contributed by atoms with Crippen LogP contribution in [0.1, 0.15) is 96.6 Å². The Bertz CT molecular complexity index is 3820. The number of aliphatic carboxylic acids is 2. The normalized spacial score (nSPS) is 12.6. The minimum atomic E-state index is -1.18. The third kappa shape index (κ3) is 17.2. The van der Waals surface area contributed by atoms with Gasteiger partial charge >= 0.3 is 11.9 Å². The number of ketones is 4. The third-order valence-corrected chi connectivity index (χ3v) is 18.5. The number of carbonyl (C=O) groups is 10. The zero-order chi connectivity index (χ0) is 60.7. The summed E-state index contributed by atoms with van der Waals surface area (Å²) in [6.07, 6.45) is -1.40.